The minimum absolute atomic E-state index is 0.664. The summed E-state index contributed by atoms with van der Waals surface area (Å²) in [4.78, 5) is 0. The lowest BCUT2D eigenvalue weighted by Crippen LogP contribution is -2.20. The normalized spacial score (nSPS) is 10.2. The largest absolute Gasteiger partial charge is 0.492 e. The number of aryl methyl sites for hydroxylation is 1. The number of rotatable bonds is 7. The van der Waals surface area contributed by atoms with Crippen molar-refractivity contribution in [2.24, 2.45) is 0 Å². The SMILES string of the molecule is C=CCNCCOc1ccc(-c2ccc(C)cc2)cc1. The van der Waals surface area contributed by atoms with E-state index >= 15 is 0 Å². The Morgan fingerprint density at radius 2 is 1.60 bits per heavy atom. The molecule has 0 fully saturated rings. The highest BCUT2D eigenvalue weighted by Crippen LogP contribution is 2.22. The number of nitrogens with one attached hydrogen (secondary N) is 1. The van der Waals surface area contributed by atoms with Crippen LogP contribution in [-0.2, 0) is 0 Å². The van der Waals surface area contributed by atoms with Crippen molar-refractivity contribution in [3.05, 3.63) is 66.7 Å². The summed E-state index contributed by atoms with van der Waals surface area (Å²) in [5.74, 6) is 0.904. The van der Waals surface area contributed by atoms with Gasteiger partial charge in [0.25, 0.3) is 0 Å². The van der Waals surface area contributed by atoms with Gasteiger partial charge in [0.1, 0.15) is 12.4 Å². The van der Waals surface area contributed by atoms with Crippen molar-refractivity contribution in [1.82, 2.24) is 5.32 Å². The van der Waals surface area contributed by atoms with E-state index < -0.39 is 0 Å². The fraction of sp³-hybridized carbons (Fsp3) is 0.222. The molecule has 1 N–H and O–H groups in total. The molecule has 2 aromatic carbocycles. The number of ether oxygens (including phenoxy) is 1. The van der Waals surface area contributed by atoms with Gasteiger partial charge in [-0.15, -0.1) is 6.58 Å². The molecule has 0 radical (unpaired) electrons. The summed E-state index contributed by atoms with van der Waals surface area (Å²) in [7, 11) is 0. The van der Waals surface area contributed by atoms with Gasteiger partial charge in [0.15, 0.2) is 0 Å². The van der Waals surface area contributed by atoms with E-state index in [9.17, 15) is 0 Å². The molecule has 2 rings (SSSR count). The maximum atomic E-state index is 5.67. The van der Waals surface area contributed by atoms with Gasteiger partial charge >= 0.3 is 0 Å². The minimum Gasteiger partial charge on any atom is -0.492 e. The third-order valence-corrected chi connectivity index (χ3v) is 3.08. The molecule has 2 heteroatoms. The van der Waals surface area contributed by atoms with Crippen molar-refractivity contribution in [2.75, 3.05) is 19.7 Å². The standard InChI is InChI=1S/C18H21NO/c1-3-12-19-13-14-20-18-10-8-17(9-11-18)16-6-4-15(2)5-7-16/h3-11,19H,1,12-14H2,2H3. The molecule has 2 nitrogen and oxygen atoms in total. The average Bonchev–Trinajstić information content (AvgIpc) is 2.49. The summed E-state index contributed by atoms with van der Waals surface area (Å²) in [6.07, 6.45) is 1.84. The first kappa shape index (κ1) is 14.4. The minimum atomic E-state index is 0.664. The Balaban J connectivity index is 1.89. The molecule has 20 heavy (non-hydrogen) atoms. The van der Waals surface area contributed by atoms with Gasteiger partial charge in [0.05, 0.1) is 0 Å². The van der Waals surface area contributed by atoms with Crippen LogP contribution in [0.1, 0.15) is 5.56 Å². The van der Waals surface area contributed by atoms with Gasteiger partial charge < -0.3 is 10.1 Å². The zero-order chi connectivity index (χ0) is 14.2. The molecule has 104 valence electrons. The Morgan fingerprint density at radius 3 is 2.20 bits per heavy atom. The van der Waals surface area contributed by atoms with Crippen LogP contribution >= 0.6 is 0 Å². The maximum absolute atomic E-state index is 5.67. The Kier molecular flexibility index (Phi) is 5.39. The second kappa shape index (κ2) is 7.51. The second-order valence-corrected chi connectivity index (χ2v) is 4.73. The van der Waals surface area contributed by atoms with Crippen molar-refractivity contribution >= 4 is 0 Å². The fourth-order valence-corrected chi connectivity index (χ4v) is 1.93. The molecule has 0 saturated carbocycles. The van der Waals surface area contributed by atoms with Crippen LogP contribution in [0.25, 0.3) is 11.1 Å². The van der Waals surface area contributed by atoms with Crippen LogP contribution in [-0.4, -0.2) is 19.7 Å². The van der Waals surface area contributed by atoms with Crippen LogP contribution in [0.4, 0.5) is 0 Å². The molecule has 0 aliphatic rings. The third kappa shape index (κ3) is 4.25. The van der Waals surface area contributed by atoms with Crippen molar-refractivity contribution in [3.8, 4) is 16.9 Å². The van der Waals surface area contributed by atoms with Gasteiger partial charge in [0, 0.05) is 13.1 Å². The molecule has 0 amide bonds. The van der Waals surface area contributed by atoms with Crippen LogP contribution in [0.15, 0.2) is 61.2 Å². The lowest BCUT2D eigenvalue weighted by molar-refractivity contribution is 0.316. The van der Waals surface area contributed by atoms with E-state index in [4.69, 9.17) is 4.74 Å². The highest BCUT2D eigenvalue weighted by molar-refractivity contribution is 5.64. The second-order valence-electron chi connectivity index (χ2n) is 4.73. The molecular formula is C18H21NO. The van der Waals surface area contributed by atoms with Crippen molar-refractivity contribution in [2.45, 2.75) is 6.92 Å². The first-order chi connectivity index (χ1) is 9.79. The molecule has 0 saturated heterocycles. The quantitative estimate of drug-likeness (QED) is 0.608. The van der Waals surface area contributed by atoms with Gasteiger partial charge in [-0.05, 0) is 30.2 Å². The summed E-state index contributed by atoms with van der Waals surface area (Å²) >= 11 is 0. The number of benzene rings is 2. The molecule has 0 aliphatic heterocycles. The maximum Gasteiger partial charge on any atom is 0.119 e. The third-order valence-electron chi connectivity index (χ3n) is 3.08. The van der Waals surface area contributed by atoms with E-state index in [1.165, 1.54) is 16.7 Å². The highest BCUT2D eigenvalue weighted by atomic mass is 16.5. The predicted octanol–water partition coefficient (Wildman–Crippen LogP) is 3.82. The topological polar surface area (TPSA) is 21.3 Å². The zero-order valence-electron chi connectivity index (χ0n) is 11.9. The molecule has 0 unspecified atom stereocenters. The van der Waals surface area contributed by atoms with Crippen molar-refractivity contribution < 1.29 is 4.74 Å². The summed E-state index contributed by atoms with van der Waals surface area (Å²) in [6.45, 7) is 8.06. The Labute approximate surface area is 121 Å². The molecular weight excluding hydrogens is 246 g/mol. The fourth-order valence-electron chi connectivity index (χ4n) is 1.93. The molecule has 0 bridgehead atoms. The molecule has 0 spiro atoms. The van der Waals surface area contributed by atoms with E-state index in [-0.39, 0.29) is 0 Å². The van der Waals surface area contributed by atoms with Gasteiger partial charge in [-0.25, -0.2) is 0 Å². The highest BCUT2D eigenvalue weighted by Gasteiger charge is 1.98. The van der Waals surface area contributed by atoms with Crippen molar-refractivity contribution in [3.63, 3.8) is 0 Å². The lowest BCUT2D eigenvalue weighted by Gasteiger charge is -2.08. The van der Waals surface area contributed by atoms with Crippen LogP contribution in [0.2, 0.25) is 0 Å². The smallest absolute Gasteiger partial charge is 0.119 e. The van der Waals surface area contributed by atoms with E-state index in [1.54, 1.807) is 0 Å². The molecule has 0 atom stereocenters. The van der Waals surface area contributed by atoms with Crippen LogP contribution in [0.5, 0.6) is 5.75 Å². The average molecular weight is 267 g/mol. The van der Waals surface area contributed by atoms with Gasteiger partial charge in [-0.3, -0.25) is 0 Å². The van der Waals surface area contributed by atoms with E-state index in [0.29, 0.717) is 6.61 Å². The molecule has 2 aromatic rings. The summed E-state index contributed by atoms with van der Waals surface area (Å²) in [6, 6.07) is 16.8. The number of hydrogen-bond donors (Lipinski definition) is 1. The summed E-state index contributed by atoms with van der Waals surface area (Å²) in [5, 5.41) is 3.20. The Hall–Kier alpha value is -2.06. The van der Waals surface area contributed by atoms with E-state index in [2.05, 4.69) is 55.2 Å². The molecule has 0 heterocycles. The first-order valence-corrected chi connectivity index (χ1v) is 6.91. The van der Waals surface area contributed by atoms with Crippen LogP contribution in [0, 0.1) is 6.92 Å². The van der Waals surface area contributed by atoms with Gasteiger partial charge in [0.2, 0.25) is 0 Å². The van der Waals surface area contributed by atoms with Gasteiger partial charge in [-0.2, -0.15) is 0 Å². The van der Waals surface area contributed by atoms with Crippen LogP contribution < -0.4 is 10.1 Å². The van der Waals surface area contributed by atoms with Crippen molar-refractivity contribution in [1.29, 1.82) is 0 Å². The Morgan fingerprint density at radius 1 is 1.00 bits per heavy atom. The monoisotopic (exact) mass is 267 g/mol. The predicted molar refractivity (Wildman–Crippen MR) is 85.2 cm³/mol. The molecule has 0 aliphatic carbocycles. The first-order valence-electron chi connectivity index (χ1n) is 6.91. The van der Waals surface area contributed by atoms with Crippen LogP contribution in [0.3, 0.4) is 0 Å². The van der Waals surface area contributed by atoms with E-state index in [1.807, 2.05) is 18.2 Å². The van der Waals surface area contributed by atoms with E-state index in [0.717, 1.165) is 18.8 Å². The summed E-state index contributed by atoms with van der Waals surface area (Å²) < 4.78 is 5.67. The Bertz CT molecular complexity index is 528. The number of hydrogen-bond acceptors (Lipinski definition) is 2. The lowest BCUT2D eigenvalue weighted by atomic mass is 10.0. The van der Waals surface area contributed by atoms with Gasteiger partial charge in [-0.1, -0.05) is 48.0 Å². The zero-order valence-corrected chi connectivity index (χ0v) is 11.9. The summed E-state index contributed by atoms with van der Waals surface area (Å²) in [5.41, 5.74) is 3.72. The molecule has 0 aromatic heterocycles.